The predicted octanol–water partition coefficient (Wildman–Crippen LogP) is 7.10. The number of halogens is 3. The fraction of sp³-hybridized carbons (Fsp3) is 0.435. The first-order valence-electron chi connectivity index (χ1n) is 22.6. The van der Waals surface area contributed by atoms with Crippen LogP contribution < -0.4 is 31.3 Å². The minimum Gasteiger partial charge on any atom is -0.356 e. The Morgan fingerprint density at radius 1 is 0.884 bits per heavy atom. The number of thioether (sulfide) groups is 1. The number of azide groups is 1. The van der Waals surface area contributed by atoms with Gasteiger partial charge in [0, 0.05) is 58.7 Å². The first kappa shape index (κ1) is 51.8. The number of unbranched alkanes of at least 4 members (excludes halogenated alkanes) is 4. The molecular formula is C46H54F3N11O7S2. The maximum absolute atomic E-state index is 13.8. The second-order valence-electron chi connectivity index (χ2n) is 16.8. The molecule has 0 unspecified atom stereocenters. The van der Waals surface area contributed by atoms with Crippen LogP contribution in [0.1, 0.15) is 92.2 Å². The Balaban J connectivity index is 0.953. The number of alkyl halides is 3. The van der Waals surface area contributed by atoms with Gasteiger partial charge < -0.3 is 26.6 Å². The van der Waals surface area contributed by atoms with E-state index in [9.17, 15) is 45.6 Å². The van der Waals surface area contributed by atoms with Crippen LogP contribution >= 0.6 is 11.8 Å². The van der Waals surface area contributed by atoms with Crippen LogP contribution in [0, 0.1) is 6.92 Å². The molecule has 0 radical (unpaired) electrons. The summed E-state index contributed by atoms with van der Waals surface area (Å²) in [5.74, 6) is -1.06. The standard InChI is InChI=1S/C46H54F3N11O7S2/c1-29-13-15-30(16-14-29)37-27-39(46(47,48)49)57-60(37)33-21-23-34(24-22-33)69(66,67)58-44(64)35(53-43(63)31-17-19-32(20-18-31)56-59-50)9-6-8-26-52-40(61)11-3-2-7-25-51-41(62)12-5-4-10-38-42-36(28-68-38)54-45(65)55-42/h13-24,27,35-36,38,42H,2-12,25-26,28H2,1H3,(H,51,62)(H,52,61)(H,53,63)(H,58,64)(H2,54,55,65)/t35-,36-,38-,42-/m0/s1. The lowest BCUT2D eigenvalue weighted by Crippen LogP contribution is -2.48. The topological polar surface area (TPSA) is 258 Å². The molecule has 1 aromatic heterocycles. The second-order valence-corrected chi connectivity index (χ2v) is 19.7. The van der Waals surface area contributed by atoms with Gasteiger partial charge in [-0.1, -0.05) is 59.9 Å². The molecule has 2 aliphatic rings. The van der Waals surface area contributed by atoms with Crippen molar-refractivity contribution in [3.8, 4) is 16.9 Å². The molecular weight excluding hydrogens is 940 g/mol. The van der Waals surface area contributed by atoms with Gasteiger partial charge in [0.2, 0.25) is 11.8 Å². The highest BCUT2D eigenvalue weighted by atomic mass is 32.2. The number of urea groups is 1. The largest absolute Gasteiger partial charge is 0.435 e. The SMILES string of the molecule is Cc1ccc(-c2cc(C(F)(F)F)nn2-c2ccc(S(=O)(=O)NC(=O)[C@H](CCCCNC(=O)CCCCCNC(=O)CCCC[C@@H]3SC[C@@H]4NC(=O)N[C@@H]43)NC(=O)c3ccc(N=[N+]=[N-])cc3)cc2)cc1. The number of nitrogens with zero attached hydrogens (tertiary/aromatic N) is 5. The molecule has 0 bridgehead atoms. The number of rotatable bonds is 24. The van der Waals surface area contributed by atoms with E-state index in [1.165, 1.54) is 36.4 Å². The lowest BCUT2D eigenvalue weighted by molar-refractivity contribution is -0.141. The van der Waals surface area contributed by atoms with Gasteiger partial charge in [-0.2, -0.15) is 30.0 Å². The van der Waals surface area contributed by atoms with Gasteiger partial charge in [0.15, 0.2) is 5.69 Å². The van der Waals surface area contributed by atoms with Crippen LogP contribution in [-0.2, 0) is 30.6 Å². The first-order valence-corrected chi connectivity index (χ1v) is 25.1. The fourth-order valence-corrected chi connectivity index (χ4v) is 10.4. The molecule has 2 fully saturated rings. The van der Waals surface area contributed by atoms with Gasteiger partial charge in [-0.25, -0.2) is 22.6 Å². The zero-order valence-electron chi connectivity index (χ0n) is 37.8. The molecule has 3 aromatic carbocycles. The molecule has 0 spiro atoms. The highest BCUT2D eigenvalue weighted by molar-refractivity contribution is 8.00. The Morgan fingerprint density at radius 2 is 1.54 bits per heavy atom. The zero-order chi connectivity index (χ0) is 49.6. The Morgan fingerprint density at radius 3 is 2.19 bits per heavy atom. The number of aromatic nitrogens is 2. The fourth-order valence-electron chi connectivity index (χ4n) is 7.88. The van der Waals surface area contributed by atoms with Gasteiger partial charge in [-0.3, -0.25) is 19.2 Å². The zero-order valence-corrected chi connectivity index (χ0v) is 39.4. The molecule has 23 heteroatoms. The summed E-state index contributed by atoms with van der Waals surface area (Å²) < 4.78 is 71.3. The second kappa shape index (κ2) is 24.1. The number of aryl methyl sites for hydroxylation is 1. The van der Waals surface area contributed by atoms with E-state index >= 15 is 0 Å². The third-order valence-electron chi connectivity index (χ3n) is 11.6. The number of carbonyl (C=O) groups excluding carboxylic acids is 5. The van der Waals surface area contributed by atoms with Crippen LogP contribution in [-0.4, -0.2) is 90.1 Å². The van der Waals surface area contributed by atoms with E-state index in [1.54, 1.807) is 24.3 Å². The van der Waals surface area contributed by atoms with Gasteiger partial charge in [-0.15, -0.1) is 0 Å². The number of carbonyl (C=O) groups is 5. The van der Waals surface area contributed by atoms with Crippen molar-refractivity contribution >= 4 is 57.1 Å². The summed E-state index contributed by atoms with van der Waals surface area (Å²) in [7, 11) is -4.57. The predicted molar refractivity (Wildman–Crippen MR) is 253 cm³/mol. The molecule has 6 rings (SSSR count). The Labute approximate surface area is 401 Å². The molecule has 18 nitrogen and oxygen atoms in total. The smallest absolute Gasteiger partial charge is 0.356 e. The molecule has 2 saturated heterocycles. The first-order chi connectivity index (χ1) is 33.0. The number of amides is 6. The summed E-state index contributed by atoms with van der Waals surface area (Å²) in [6.07, 6.45) is 1.27. The van der Waals surface area contributed by atoms with Crippen molar-refractivity contribution in [3.05, 3.63) is 106 Å². The molecule has 6 N–H and O–H groups in total. The van der Waals surface area contributed by atoms with Crippen molar-refractivity contribution in [2.75, 3.05) is 18.8 Å². The third-order valence-corrected chi connectivity index (χ3v) is 14.5. The number of sulfonamides is 1. The maximum Gasteiger partial charge on any atom is 0.435 e. The summed E-state index contributed by atoms with van der Waals surface area (Å²) in [6, 6.07) is 16.8. The van der Waals surface area contributed by atoms with Crippen LogP contribution in [0.3, 0.4) is 0 Å². The van der Waals surface area contributed by atoms with E-state index in [0.717, 1.165) is 59.9 Å². The van der Waals surface area contributed by atoms with Crippen LogP contribution in [0.4, 0.5) is 23.7 Å². The van der Waals surface area contributed by atoms with Crippen LogP contribution in [0.5, 0.6) is 0 Å². The third kappa shape index (κ3) is 15.0. The highest BCUT2D eigenvalue weighted by Crippen LogP contribution is 2.35. The summed E-state index contributed by atoms with van der Waals surface area (Å²) in [5.41, 5.74) is 9.46. The molecule has 69 heavy (non-hydrogen) atoms. The van der Waals surface area contributed by atoms with Crippen molar-refractivity contribution in [3.63, 3.8) is 0 Å². The van der Waals surface area contributed by atoms with E-state index in [1.807, 2.05) is 23.4 Å². The van der Waals surface area contributed by atoms with Crippen LogP contribution in [0.2, 0.25) is 0 Å². The number of nitrogens with one attached hydrogen (secondary N) is 6. The maximum atomic E-state index is 13.8. The Hall–Kier alpha value is -6.58. The van der Waals surface area contributed by atoms with E-state index in [-0.39, 0.29) is 83.3 Å². The van der Waals surface area contributed by atoms with Crippen molar-refractivity contribution in [2.45, 2.75) is 112 Å². The summed E-state index contributed by atoms with van der Waals surface area (Å²) >= 11 is 1.85. The van der Waals surface area contributed by atoms with E-state index in [4.69, 9.17) is 5.53 Å². The highest BCUT2D eigenvalue weighted by Gasteiger charge is 2.42. The number of hydrogen-bond acceptors (Lipinski definition) is 10. The van der Waals surface area contributed by atoms with Gasteiger partial charge in [0.25, 0.3) is 21.8 Å². The van der Waals surface area contributed by atoms with Crippen molar-refractivity contribution in [1.82, 2.24) is 41.1 Å². The van der Waals surface area contributed by atoms with Crippen molar-refractivity contribution in [2.24, 2.45) is 5.11 Å². The quantitative estimate of drug-likeness (QED) is 0.0137. The van der Waals surface area contributed by atoms with Gasteiger partial charge in [0.1, 0.15) is 6.04 Å². The van der Waals surface area contributed by atoms with E-state index < -0.39 is 39.7 Å². The van der Waals surface area contributed by atoms with Gasteiger partial charge >= 0.3 is 12.2 Å². The average Bonchev–Trinajstić information content (AvgIpc) is 4.04. The van der Waals surface area contributed by atoms with E-state index in [2.05, 4.69) is 41.7 Å². The lowest BCUT2D eigenvalue weighted by atomic mass is 10.0. The summed E-state index contributed by atoms with van der Waals surface area (Å²) in [6.45, 7) is 2.59. The number of fused-ring (bicyclic) bond motifs is 1. The lowest BCUT2D eigenvalue weighted by Gasteiger charge is -2.19. The molecule has 4 aromatic rings. The summed E-state index contributed by atoms with van der Waals surface area (Å²) in [4.78, 5) is 65.6. The molecule has 368 valence electrons. The average molecular weight is 994 g/mol. The number of hydrogen-bond donors (Lipinski definition) is 6. The van der Waals surface area contributed by atoms with E-state index in [0.29, 0.717) is 43.0 Å². The van der Waals surface area contributed by atoms with Crippen LogP contribution in [0.15, 0.2) is 88.9 Å². The molecule has 2 aliphatic heterocycles. The van der Waals surface area contributed by atoms with Crippen LogP contribution in [0.25, 0.3) is 27.4 Å². The molecule has 0 aliphatic carbocycles. The van der Waals surface area contributed by atoms with Crippen molar-refractivity contribution in [1.29, 1.82) is 0 Å². The van der Waals surface area contributed by atoms with Crippen molar-refractivity contribution < 1.29 is 45.6 Å². The number of benzene rings is 3. The van der Waals surface area contributed by atoms with Gasteiger partial charge in [0.05, 0.1) is 28.4 Å². The van der Waals surface area contributed by atoms with Gasteiger partial charge in [-0.05, 0) is 99.9 Å². The molecule has 0 saturated carbocycles. The molecule has 4 atom stereocenters. The molecule has 6 amide bonds. The monoisotopic (exact) mass is 993 g/mol. The minimum atomic E-state index is -4.75. The molecule has 3 heterocycles. The minimum absolute atomic E-state index is 0.0112. The Kier molecular flexibility index (Phi) is 18.1. The normalized spacial score (nSPS) is 16.9. The summed E-state index contributed by atoms with van der Waals surface area (Å²) in [5, 5.41) is 21.8. The Bertz CT molecular complexity index is 2610.